The number of hydrogen-bond donors (Lipinski definition) is 0. The first kappa shape index (κ1) is 31.9. The molecule has 3 heterocycles. The first-order chi connectivity index (χ1) is 21.3. The number of hydrogen-bond acceptors (Lipinski definition) is 7. The van der Waals surface area contributed by atoms with Crippen molar-refractivity contribution in [3.63, 3.8) is 0 Å². The predicted octanol–water partition coefficient (Wildman–Crippen LogP) is 5.28. The standard InChI is InChI=1S/C30H29F6N5O4/c1-18(42)39-9-11-40(12-10-39)28-37-25(22-6-3-4-7-23(22)44-2)24-26(38-28)45-13-5-8-41(27(24)43)17-19-14-20(29(31,32)33)16-21(15-19)30(34,35)36/h3-4,6-7,14-16H,5,8-13,17H2,1-2H3. The van der Waals surface area contributed by atoms with Crippen LogP contribution in [0.3, 0.4) is 0 Å². The number of aromatic nitrogens is 2. The van der Waals surface area contributed by atoms with Crippen molar-refractivity contribution in [2.24, 2.45) is 0 Å². The summed E-state index contributed by atoms with van der Waals surface area (Å²) in [7, 11) is 1.43. The fraction of sp³-hybridized carbons (Fsp3) is 0.400. The van der Waals surface area contributed by atoms with Gasteiger partial charge in [0, 0.05) is 51.8 Å². The minimum Gasteiger partial charge on any atom is -0.496 e. The van der Waals surface area contributed by atoms with Gasteiger partial charge in [-0.15, -0.1) is 0 Å². The molecule has 9 nitrogen and oxygen atoms in total. The maximum Gasteiger partial charge on any atom is 0.416 e. The first-order valence-electron chi connectivity index (χ1n) is 14.0. The van der Waals surface area contributed by atoms with Crippen LogP contribution in [0.2, 0.25) is 0 Å². The zero-order chi connectivity index (χ0) is 32.5. The van der Waals surface area contributed by atoms with Crippen molar-refractivity contribution in [3.05, 3.63) is 64.7 Å². The number of rotatable bonds is 5. The molecule has 240 valence electrons. The Bertz CT molecular complexity index is 1560. The molecule has 1 saturated heterocycles. The van der Waals surface area contributed by atoms with Gasteiger partial charge in [-0.1, -0.05) is 12.1 Å². The molecule has 0 spiro atoms. The van der Waals surface area contributed by atoms with Gasteiger partial charge in [-0.25, -0.2) is 4.98 Å². The number of carbonyl (C=O) groups is 2. The van der Waals surface area contributed by atoms with E-state index < -0.39 is 35.9 Å². The number of anilines is 1. The monoisotopic (exact) mass is 637 g/mol. The predicted molar refractivity (Wildman–Crippen MR) is 150 cm³/mol. The number of halogens is 6. The molecule has 1 fully saturated rings. The van der Waals surface area contributed by atoms with Crippen LogP contribution in [0.5, 0.6) is 11.6 Å². The lowest BCUT2D eigenvalue weighted by atomic mass is 10.0. The van der Waals surface area contributed by atoms with Gasteiger partial charge in [-0.05, 0) is 42.3 Å². The van der Waals surface area contributed by atoms with E-state index in [-0.39, 0.29) is 60.2 Å². The molecule has 2 aliphatic heterocycles. The minimum absolute atomic E-state index is 0.0179. The summed E-state index contributed by atoms with van der Waals surface area (Å²) in [5.74, 6) is -0.292. The molecule has 5 rings (SSSR count). The van der Waals surface area contributed by atoms with Crippen LogP contribution in [0.15, 0.2) is 42.5 Å². The molecule has 0 unspecified atom stereocenters. The summed E-state index contributed by atoms with van der Waals surface area (Å²) < 4.78 is 92.8. The Morgan fingerprint density at radius 3 is 2.18 bits per heavy atom. The highest BCUT2D eigenvalue weighted by Gasteiger charge is 2.38. The van der Waals surface area contributed by atoms with Gasteiger partial charge in [0.2, 0.25) is 17.7 Å². The Kier molecular flexibility index (Phi) is 8.81. The van der Waals surface area contributed by atoms with Crippen LogP contribution in [0.4, 0.5) is 32.3 Å². The van der Waals surface area contributed by atoms with E-state index in [1.165, 1.54) is 18.9 Å². The molecule has 2 aliphatic rings. The van der Waals surface area contributed by atoms with E-state index in [4.69, 9.17) is 14.5 Å². The van der Waals surface area contributed by atoms with Crippen LogP contribution in [0.1, 0.15) is 40.4 Å². The maximum atomic E-state index is 14.2. The second kappa shape index (κ2) is 12.4. The van der Waals surface area contributed by atoms with E-state index in [1.807, 2.05) is 4.90 Å². The van der Waals surface area contributed by atoms with Gasteiger partial charge in [0.05, 0.1) is 30.5 Å². The van der Waals surface area contributed by atoms with Crippen LogP contribution in [0.25, 0.3) is 11.3 Å². The molecular formula is C30H29F6N5O4. The number of nitrogens with zero attached hydrogens (tertiary/aromatic N) is 5. The van der Waals surface area contributed by atoms with Crippen LogP contribution in [0, 0.1) is 0 Å². The zero-order valence-electron chi connectivity index (χ0n) is 24.3. The number of amides is 2. The molecule has 0 N–H and O–H groups in total. The highest BCUT2D eigenvalue weighted by atomic mass is 19.4. The fourth-order valence-corrected chi connectivity index (χ4v) is 5.29. The molecule has 2 aromatic carbocycles. The second-order valence-electron chi connectivity index (χ2n) is 10.6. The Morgan fingerprint density at radius 1 is 0.933 bits per heavy atom. The summed E-state index contributed by atoms with van der Waals surface area (Å²) >= 11 is 0. The van der Waals surface area contributed by atoms with Gasteiger partial charge in [0.25, 0.3) is 5.91 Å². The van der Waals surface area contributed by atoms with Crippen molar-refractivity contribution < 1.29 is 45.4 Å². The lowest BCUT2D eigenvalue weighted by Gasteiger charge is -2.35. The fourth-order valence-electron chi connectivity index (χ4n) is 5.29. The Morgan fingerprint density at radius 2 is 1.58 bits per heavy atom. The maximum absolute atomic E-state index is 14.2. The van der Waals surface area contributed by atoms with Gasteiger partial charge >= 0.3 is 12.4 Å². The Hall–Kier alpha value is -4.56. The van der Waals surface area contributed by atoms with Crippen LogP contribution in [-0.4, -0.2) is 78.0 Å². The normalized spacial score (nSPS) is 16.1. The highest BCUT2D eigenvalue weighted by molar-refractivity contribution is 6.03. The highest BCUT2D eigenvalue weighted by Crippen LogP contribution is 2.39. The number of methoxy groups -OCH3 is 1. The number of alkyl halides is 6. The van der Waals surface area contributed by atoms with Crippen molar-refractivity contribution in [1.82, 2.24) is 19.8 Å². The number of ether oxygens (including phenoxy) is 2. The number of fused-ring (bicyclic) bond motifs is 1. The van der Waals surface area contributed by atoms with E-state index in [9.17, 15) is 35.9 Å². The molecule has 0 atom stereocenters. The number of piperazine rings is 1. The largest absolute Gasteiger partial charge is 0.496 e. The SMILES string of the molecule is COc1ccccc1-c1nc(N2CCN(C(C)=O)CC2)nc2c1C(=O)N(Cc1cc(C(F)(F)F)cc(C(F)(F)F)c1)CCCO2. The van der Waals surface area contributed by atoms with E-state index in [2.05, 4.69) is 4.98 Å². The van der Waals surface area contributed by atoms with Crippen molar-refractivity contribution in [2.75, 3.05) is 51.3 Å². The number of para-hydroxylation sites is 1. The smallest absolute Gasteiger partial charge is 0.416 e. The average Bonchev–Trinajstić information content (AvgIpc) is 3.00. The first-order valence-corrected chi connectivity index (χ1v) is 14.0. The lowest BCUT2D eigenvalue weighted by molar-refractivity contribution is -0.143. The topological polar surface area (TPSA) is 88.1 Å². The van der Waals surface area contributed by atoms with Crippen molar-refractivity contribution in [1.29, 1.82) is 0 Å². The van der Waals surface area contributed by atoms with Gasteiger partial charge in [-0.2, -0.15) is 31.3 Å². The second-order valence-corrected chi connectivity index (χ2v) is 10.6. The summed E-state index contributed by atoms with van der Waals surface area (Å²) in [4.78, 5) is 40.0. The molecule has 0 bridgehead atoms. The zero-order valence-corrected chi connectivity index (χ0v) is 24.3. The molecule has 0 radical (unpaired) electrons. The summed E-state index contributed by atoms with van der Waals surface area (Å²) in [5, 5.41) is 0. The van der Waals surface area contributed by atoms with E-state index >= 15 is 0 Å². The molecule has 2 amide bonds. The molecule has 0 saturated carbocycles. The van der Waals surface area contributed by atoms with E-state index in [0.29, 0.717) is 49.6 Å². The van der Waals surface area contributed by atoms with Gasteiger partial charge < -0.3 is 24.2 Å². The molecule has 1 aromatic heterocycles. The number of benzene rings is 2. The Balaban J connectivity index is 1.60. The van der Waals surface area contributed by atoms with Crippen molar-refractivity contribution in [3.8, 4) is 22.9 Å². The molecule has 0 aliphatic carbocycles. The van der Waals surface area contributed by atoms with Crippen molar-refractivity contribution in [2.45, 2.75) is 32.2 Å². The molecule has 15 heteroatoms. The lowest BCUT2D eigenvalue weighted by Crippen LogP contribution is -2.48. The van der Waals surface area contributed by atoms with Gasteiger partial charge in [0.1, 0.15) is 11.3 Å². The minimum atomic E-state index is -5.03. The third kappa shape index (κ3) is 6.91. The van der Waals surface area contributed by atoms with Crippen LogP contribution in [-0.2, 0) is 23.7 Å². The van der Waals surface area contributed by atoms with Crippen LogP contribution >= 0.6 is 0 Å². The summed E-state index contributed by atoms with van der Waals surface area (Å²) in [6.45, 7) is 2.64. The quantitative estimate of drug-likeness (QED) is 0.352. The van der Waals surface area contributed by atoms with Crippen LogP contribution < -0.4 is 14.4 Å². The van der Waals surface area contributed by atoms with Gasteiger partial charge in [-0.3, -0.25) is 9.59 Å². The van der Waals surface area contributed by atoms with Crippen molar-refractivity contribution >= 4 is 17.8 Å². The number of carbonyl (C=O) groups excluding carboxylic acids is 2. The molecule has 3 aromatic rings. The third-order valence-corrected chi connectivity index (χ3v) is 7.57. The molecular weight excluding hydrogens is 608 g/mol. The summed E-state index contributed by atoms with van der Waals surface area (Å²) in [6.07, 6.45) is -9.83. The van der Waals surface area contributed by atoms with E-state index in [1.54, 1.807) is 29.2 Å². The third-order valence-electron chi connectivity index (χ3n) is 7.57. The average molecular weight is 638 g/mol. The van der Waals surface area contributed by atoms with E-state index in [0.717, 1.165) is 0 Å². The summed E-state index contributed by atoms with van der Waals surface area (Å²) in [6, 6.07) is 8.00. The van der Waals surface area contributed by atoms with Gasteiger partial charge in [0.15, 0.2) is 0 Å². The summed E-state index contributed by atoms with van der Waals surface area (Å²) in [5.41, 5.74) is -2.86. The molecule has 45 heavy (non-hydrogen) atoms. The Labute approximate surface area is 254 Å².